The molecular weight excluding hydrogens is 318 g/mol. The maximum Gasteiger partial charge on any atom is 0.137 e. The fourth-order valence-corrected chi connectivity index (χ4v) is 2.33. The Kier molecular flexibility index (Phi) is 5.30. The van der Waals surface area contributed by atoms with Gasteiger partial charge in [0.2, 0.25) is 0 Å². The molecule has 0 aliphatic carbocycles. The molecule has 0 bridgehead atoms. The molecule has 0 radical (unpaired) electrons. The van der Waals surface area contributed by atoms with Crippen LogP contribution in [0.25, 0.3) is 0 Å². The number of carbonyl (C=O) groups is 1. The SMILES string of the molecule is COc1ccc(Br)c(CC(=O)CCc2ccncc2)c1. The highest BCUT2D eigenvalue weighted by atomic mass is 79.9. The quantitative estimate of drug-likeness (QED) is 0.810. The standard InChI is InChI=1S/C16H16BrNO2/c1-20-15-4-5-16(17)13(11-15)10-14(19)3-2-12-6-8-18-9-7-12/h4-9,11H,2-3,10H2,1H3. The summed E-state index contributed by atoms with van der Waals surface area (Å²) in [5.41, 5.74) is 2.10. The van der Waals surface area contributed by atoms with Crippen LogP contribution < -0.4 is 4.74 Å². The Bertz CT molecular complexity index is 584. The summed E-state index contributed by atoms with van der Waals surface area (Å²) in [7, 11) is 1.62. The van der Waals surface area contributed by atoms with Crippen molar-refractivity contribution in [3.8, 4) is 5.75 Å². The molecule has 2 rings (SSSR count). The van der Waals surface area contributed by atoms with E-state index >= 15 is 0 Å². The first-order valence-corrected chi connectivity index (χ1v) is 7.21. The number of halogens is 1. The third-order valence-electron chi connectivity index (χ3n) is 3.08. The fourth-order valence-electron chi connectivity index (χ4n) is 1.95. The summed E-state index contributed by atoms with van der Waals surface area (Å²) in [5, 5.41) is 0. The lowest BCUT2D eigenvalue weighted by molar-refractivity contribution is -0.118. The van der Waals surface area contributed by atoms with Gasteiger partial charge < -0.3 is 4.74 Å². The van der Waals surface area contributed by atoms with E-state index in [1.165, 1.54) is 0 Å². The fraction of sp³-hybridized carbons (Fsp3) is 0.250. The predicted octanol–water partition coefficient (Wildman–Crippen LogP) is 3.60. The number of ketones is 1. The molecule has 0 fully saturated rings. The molecule has 1 aromatic heterocycles. The Morgan fingerprint density at radius 1 is 1.25 bits per heavy atom. The van der Waals surface area contributed by atoms with Gasteiger partial charge in [0.15, 0.2) is 0 Å². The van der Waals surface area contributed by atoms with Gasteiger partial charge in [0, 0.05) is 29.7 Å². The molecule has 0 aliphatic heterocycles. The Balaban J connectivity index is 1.94. The van der Waals surface area contributed by atoms with Crippen molar-refractivity contribution in [3.63, 3.8) is 0 Å². The smallest absolute Gasteiger partial charge is 0.137 e. The summed E-state index contributed by atoms with van der Waals surface area (Å²) < 4.78 is 6.12. The molecule has 4 heteroatoms. The van der Waals surface area contributed by atoms with Crippen LogP contribution >= 0.6 is 15.9 Å². The van der Waals surface area contributed by atoms with Gasteiger partial charge in [-0.25, -0.2) is 0 Å². The van der Waals surface area contributed by atoms with Crippen molar-refractivity contribution in [2.75, 3.05) is 7.11 Å². The third kappa shape index (κ3) is 4.17. The van der Waals surface area contributed by atoms with Crippen LogP contribution in [0, 0.1) is 0 Å². The molecule has 0 saturated heterocycles. The molecule has 0 aliphatic rings. The van der Waals surface area contributed by atoms with E-state index < -0.39 is 0 Å². The van der Waals surface area contributed by atoms with Gasteiger partial charge in [-0.2, -0.15) is 0 Å². The van der Waals surface area contributed by atoms with Crippen LogP contribution in [0.5, 0.6) is 5.75 Å². The number of methoxy groups -OCH3 is 1. The average molecular weight is 334 g/mol. The summed E-state index contributed by atoms with van der Waals surface area (Å²) >= 11 is 3.47. The average Bonchev–Trinajstić information content (AvgIpc) is 2.48. The molecule has 20 heavy (non-hydrogen) atoms. The maximum absolute atomic E-state index is 12.1. The molecule has 104 valence electrons. The van der Waals surface area contributed by atoms with E-state index in [0.29, 0.717) is 12.8 Å². The van der Waals surface area contributed by atoms with E-state index in [0.717, 1.165) is 27.8 Å². The molecule has 1 aromatic carbocycles. The van der Waals surface area contributed by atoms with Crippen LogP contribution in [0.2, 0.25) is 0 Å². The Morgan fingerprint density at radius 2 is 2.00 bits per heavy atom. The first-order valence-electron chi connectivity index (χ1n) is 6.42. The second kappa shape index (κ2) is 7.20. The summed E-state index contributed by atoms with van der Waals surface area (Å²) in [4.78, 5) is 16.0. The Labute approximate surface area is 127 Å². The zero-order valence-electron chi connectivity index (χ0n) is 11.3. The molecule has 0 amide bonds. The van der Waals surface area contributed by atoms with E-state index in [2.05, 4.69) is 20.9 Å². The van der Waals surface area contributed by atoms with Crippen LogP contribution in [0.4, 0.5) is 0 Å². The van der Waals surface area contributed by atoms with Gasteiger partial charge in [-0.1, -0.05) is 15.9 Å². The minimum atomic E-state index is 0.218. The summed E-state index contributed by atoms with van der Waals surface area (Å²) in [6, 6.07) is 9.55. The highest BCUT2D eigenvalue weighted by molar-refractivity contribution is 9.10. The summed E-state index contributed by atoms with van der Waals surface area (Å²) in [6.45, 7) is 0. The van der Waals surface area contributed by atoms with Crippen LogP contribution in [0.1, 0.15) is 17.5 Å². The van der Waals surface area contributed by atoms with E-state index in [1.807, 2.05) is 30.3 Å². The molecule has 0 spiro atoms. The molecule has 0 N–H and O–H groups in total. The number of carbonyl (C=O) groups excluding carboxylic acids is 1. The lowest BCUT2D eigenvalue weighted by Crippen LogP contribution is -2.05. The second-order valence-corrected chi connectivity index (χ2v) is 5.38. The van der Waals surface area contributed by atoms with Crippen molar-refractivity contribution in [2.45, 2.75) is 19.3 Å². The Hall–Kier alpha value is -1.68. The molecule has 0 saturated carbocycles. The van der Waals surface area contributed by atoms with Crippen molar-refractivity contribution in [2.24, 2.45) is 0 Å². The third-order valence-corrected chi connectivity index (χ3v) is 3.86. The van der Waals surface area contributed by atoms with E-state index in [4.69, 9.17) is 4.74 Å². The first kappa shape index (κ1) is 14.7. The number of Topliss-reactive ketones (excluding diaryl/α,β-unsaturated/α-hetero) is 1. The van der Waals surface area contributed by atoms with Crippen molar-refractivity contribution in [1.82, 2.24) is 4.98 Å². The topological polar surface area (TPSA) is 39.2 Å². The largest absolute Gasteiger partial charge is 0.497 e. The van der Waals surface area contributed by atoms with E-state index in [-0.39, 0.29) is 5.78 Å². The Morgan fingerprint density at radius 3 is 2.70 bits per heavy atom. The molecule has 2 aromatic rings. The number of hydrogen-bond donors (Lipinski definition) is 0. The van der Waals surface area contributed by atoms with Crippen molar-refractivity contribution in [1.29, 1.82) is 0 Å². The highest BCUT2D eigenvalue weighted by Crippen LogP contribution is 2.23. The number of ether oxygens (including phenoxy) is 1. The van der Waals surface area contributed by atoms with Gasteiger partial charge in [0.1, 0.15) is 11.5 Å². The maximum atomic E-state index is 12.1. The number of pyridine rings is 1. The van der Waals surface area contributed by atoms with Gasteiger partial charge in [0.25, 0.3) is 0 Å². The number of benzene rings is 1. The van der Waals surface area contributed by atoms with Gasteiger partial charge in [-0.15, -0.1) is 0 Å². The predicted molar refractivity (Wildman–Crippen MR) is 82.0 cm³/mol. The monoisotopic (exact) mass is 333 g/mol. The highest BCUT2D eigenvalue weighted by Gasteiger charge is 2.08. The lowest BCUT2D eigenvalue weighted by atomic mass is 10.0. The normalized spacial score (nSPS) is 10.3. The van der Waals surface area contributed by atoms with Crippen molar-refractivity contribution >= 4 is 21.7 Å². The zero-order valence-corrected chi connectivity index (χ0v) is 12.9. The number of rotatable bonds is 6. The van der Waals surface area contributed by atoms with E-state index in [1.54, 1.807) is 19.5 Å². The second-order valence-electron chi connectivity index (χ2n) is 4.53. The van der Waals surface area contributed by atoms with Crippen LogP contribution in [-0.2, 0) is 17.6 Å². The molecule has 0 atom stereocenters. The van der Waals surface area contributed by atoms with Crippen molar-refractivity contribution < 1.29 is 9.53 Å². The van der Waals surface area contributed by atoms with Crippen LogP contribution in [-0.4, -0.2) is 17.9 Å². The minimum Gasteiger partial charge on any atom is -0.497 e. The number of hydrogen-bond acceptors (Lipinski definition) is 3. The number of nitrogens with zero attached hydrogens (tertiary/aromatic N) is 1. The van der Waals surface area contributed by atoms with Gasteiger partial charge in [-0.3, -0.25) is 9.78 Å². The summed E-state index contributed by atoms with van der Waals surface area (Å²) in [5.74, 6) is 0.987. The van der Waals surface area contributed by atoms with Gasteiger partial charge in [-0.05, 0) is 47.9 Å². The van der Waals surface area contributed by atoms with Gasteiger partial charge in [0.05, 0.1) is 7.11 Å². The van der Waals surface area contributed by atoms with Crippen molar-refractivity contribution in [3.05, 3.63) is 58.3 Å². The molecule has 1 heterocycles. The van der Waals surface area contributed by atoms with Gasteiger partial charge >= 0.3 is 0 Å². The van der Waals surface area contributed by atoms with Crippen LogP contribution in [0.15, 0.2) is 47.2 Å². The molecule has 3 nitrogen and oxygen atoms in total. The minimum absolute atomic E-state index is 0.218. The number of aromatic nitrogens is 1. The molecule has 0 unspecified atom stereocenters. The lowest BCUT2D eigenvalue weighted by Gasteiger charge is -2.07. The van der Waals surface area contributed by atoms with E-state index in [9.17, 15) is 4.79 Å². The molecular formula is C16H16BrNO2. The number of aryl methyl sites for hydroxylation is 1. The zero-order chi connectivity index (χ0) is 14.4. The van der Waals surface area contributed by atoms with Crippen LogP contribution in [0.3, 0.4) is 0 Å². The first-order chi connectivity index (χ1) is 9.69. The summed E-state index contributed by atoms with van der Waals surface area (Å²) in [6.07, 6.45) is 5.20.